The minimum Gasteiger partial charge on any atom is -0.427 e. The molecule has 0 saturated carbocycles. The van der Waals surface area contributed by atoms with Gasteiger partial charge in [-0.2, -0.15) is 8.78 Å². The van der Waals surface area contributed by atoms with Gasteiger partial charge in [0.1, 0.15) is 0 Å². The highest BCUT2D eigenvalue weighted by Crippen LogP contribution is 2.33. The maximum atomic E-state index is 12.3. The van der Waals surface area contributed by atoms with E-state index in [-0.39, 0.29) is 0 Å². The summed E-state index contributed by atoms with van der Waals surface area (Å²) in [4.78, 5) is 11.9. The van der Waals surface area contributed by atoms with E-state index >= 15 is 0 Å². The SMILES string of the molecule is O=[N+]([O-])c1ccc(N2CCOCC2)cc1OC(F)F. The molecule has 1 aromatic rings. The van der Waals surface area contributed by atoms with Crippen molar-refractivity contribution >= 4 is 11.4 Å². The van der Waals surface area contributed by atoms with Gasteiger partial charge in [-0.15, -0.1) is 0 Å². The highest BCUT2D eigenvalue weighted by Gasteiger charge is 2.21. The average molecular weight is 274 g/mol. The van der Waals surface area contributed by atoms with E-state index in [0.717, 1.165) is 0 Å². The van der Waals surface area contributed by atoms with Crippen LogP contribution in [0.4, 0.5) is 20.2 Å². The van der Waals surface area contributed by atoms with Gasteiger partial charge >= 0.3 is 12.3 Å². The third kappa shape index (κ3) is 3.28. The van der Waals surface area contributed by atoms with Crippen molar-refractivity contribution in [3.05, 3.63) is 28.3 Å². The number of hydrogen-bond donors (Lipinski definition) is 0. The molecule has 0 radical (unpaired) electrons. The molecule has 1 heterocycles. The predicted octanol–water partition coefficient (Wildman–Crippen LogP) is 2.03. The molecule has 0 spiro atoms. The monoisotopic (exact) mass is 274 g/mol. The molecule has 1 saturated heterocycles. The lowest BCUT2D eigenvalue weighted by Crippen LogP contribution is -2.36. The molecule has 1 aliphatic rings. The molecule has 1 aliphatic heterocycles. The van der Waals surface area contributed by atoms with Crippen LogP contribution in [0, 0.1) is 10.1 Å². The van der Waals surface area contributed by atoms with Crippen molar-refractivity contribution in [2.75, 3.05) is 31.2 Å². The van der Waals surface area contributed by atoms with Gasteiger partial charge in [-0.1, -0.05) is 0 Å². The molecule has 19 heavy (non-hydrogen) atoms. The predicted molar refractivity (Wildman–Crippen MR) is 62.8 cm³/mol. The van der Waals surface area contributed by atoms with Gasteiger partial charge in [0, 0.05) is 30.9 Å². The van der Waals surface area contributed by atoms with Crippen molar-refractivity contribution in [2.24, 2.45) is 0 Å². The number of rotatable bonds is 4. The first-order valence-electron chi connectivity index (χ1n) is 5.64. The van der Waals surface area contributed by atoms with E-state index in [1.54, 1.807) is 0 Å². The van der Waals surface area contributed by atoms with Crippen molar-refractivity contribution in [3.63, 3.8) is 0 Å². The Morgan fingerprint density at radius 3 is 2.63 bits per heavy atom. The number of ether oxygens (including phenoxy) is 2. The van der Waals surface area contributed by atoms with Crippen molar-refractivity contribution < 1.29 is 23.2 Å². The van der Waals surface area contributed by atoms with Crippen molar-refractivity contribution in [1.29, 1.82) is 0 Å². The third-order valence-electron chi connectivity index (χ3n) is 2.73. The molecule has 0 aliphatic carbocycles. The zero-order valence-corrected chi connectivity index (χ0v) is 9.92. The van der Waals surface area contributed by atoms with Crippen LogP contribution < -0.4 is 9.64 Å². The highest BCUT2D eigenvalue weighted by atomic mass is 19.3. The molecule has 0 N–H and O–H groups in total. The number of halogens is 2. The van der Waals surface area contributed by atoms with Crippen LogP contribution >= 0.6 is 0 Å². The van der Waals surface area contributed by atoms with Crippen LogP contribution in [-0.4, -0.2) is 37.8 Å². The fraction of sp³-hybridized carbons (Fsp3) is 0.455. The number of nitrogens with zero attached hydrogens (tertiary/aromatic N) is 2. The van der Waals surface area contributed by atoms with Gasteiger partial charge in [0.2, 0.25) is 5.75 Å². The molecule has 104 valence electrons. The van der Waals surface area contributed by atoms with Gasteiger partial charge in [-0.05, 0) is 6.07 Å². The summed E-state index contributed by atoms with van der Waals surface area (Å²) in [5.74, 6) is -0.427. The molecule has 1 fully saturated rings. The van der Waals surface area contributed by atoms with Crippen molar-refractivity contribution in [2.45, 2.75) is 6.61 Å². The van der Waals surface area contributed by atoms with Crippen molar-refractivity contribution in [1.82, 2.24) is 0 Å². The fourth-order valence-electron chi connectivity index (χ4n) is 1.86. The summed E-state index contributed by atoms with van der Waals surface area (Å²) in [7, 11) is 0. The van der Waals surface area contributed by atoms with E-state index in [9.17, 15) is 18.9 Å². The second kappa shape index (κ2) is 5.79. The van der Waals surface area contributed by atoms with E-state index in [4.69, 9.17) is 4.74 Å². The summed E-state index contributed by atoms with van der Waals surface area (Å²) < 4.78 is 33.9. The number of alkyl halides is 2. The first kappa shape index (κ1) is 13.5. The lowest BCUT2D eigenvalue weighted by molar-refractivity contribution is -0.386. The number of hydrogen-bond acceptors (Lipinski definition) is 5. The number of nitro groups is 1. The highest BCUT2D eigenvalue weighted by molar-refractivity contribution is 5.59. The largest absolute Gasteiger partial charge is 0.427 e. The lowest BCUT2D eigenvalue weighted by atomic mass is 10.2. The van der Waals surface area contributed by atoms with E-state index in [2.05, 4.69) is 4.74 Å². The van der Waals surface area contributed by atoms with Crippen LogP contribution in [0.3, 0.4) is 0 Å². The van der Waals surface area contributed by atoms with Crippen LogP contribution in [0.15, 0.2) is 18.2 Å². The first-order valence-corrected chi connectivity index (χ1v) is 5.64. The molecule has 0 aromatic heterocycles. The summed E-state index contributed by atoms with van der Waals surface area (Å²) in [6.07, 6.45) is 0. The minimum absolute atomic E-state index is 0.427. The third-order valence-corrected chi connectivity index (χ3v) is 2.73. The van der Waals surface area contributed by atoms with E-state index in [1.807, 2.05) is 4.90 Å². The summed E-state index contributed by atoms with van der Waals surface area (Å²) >= 11 is 0. The quantitative estimate of drug-likeness (QED) is 0.621. The Hall–Kier alpha value is -1.96. The van der Waals surface area contributed by atoms with E-state index in [1.165, 1.54) is 18.2 Å². The summed E-state index contributed by atoms with van der Waals surface area (Å²) in [6.45, 7) is -0.833. The van der Waals surface area contributed by atoms with Crippen LogP contribution in [0.2, 0.25) is 0 Å². The van der Waals surface area contributed by atoms with Gasteiger partial charge < -0.3 is 14.4 Å². The molecule has 0 amide bonds. The Morgan fingerprint density at radius 1 is 1.37 bits per heavy atom. The smallest absolute Gasteiger partial charge is 0.387 e. The van der Waals surface area contributed by atoms with Gasteiger partial charge in [0.25, 0.3) is 0 Å². The topological polar surface area (TPSA) is 64.8 Å². The summed E-state index contributed by atoms with van der Waals surface area (Å²) in [5, 5.41) is 10.7. The zero-order chi connectivity index (χ0) is 13.8. The van der Waals surface area contributed by atoms with Crippen molar-refractivity contribution in [3.8, 4) is 5.75 Å². The number of morpholine rings is 1. The Labute approximate surface area is 107 Å². The molecule has 6 nitrogen and oxygen atoms in total. The maximum Gasteiger partial charge on any atom is 0.387 e. The number of anilines is 1. The standard InChI is InChI=1S/C11H12F2N2O4/c12-11(13)19-10-7-8(1-2-9(10)15(16)17)14-3-5-18-6-4-14/h1-2,7,11H,3-6H2. The number of nitro benzene ring substituents is 1. The van der Waals surface area contributed by atoms with Crippen LogP contribution in [0.1, 0.15) is 0 Å². The molecular formula is C11H12F2N2O4. The first-order chi connectivity index (χ1) is 9.08. The summed E-state index contributed by atoms with van der Waals surface area (Å²) in [5.41, 5.74) is 0.127. The molecular weight excluding hydrogens is 262 g/mol. The molecule has 2 rings (SSSR count). The lowest BCUT2D eigenvalue weighted by Gasteiger charge is -2.29. The Bertz CT molecular complexity index is 464. The molecule has 0 unspecified atom stereocenters. The van der Waals surface area contributed by atoms with E-state index < -0.39 is 23.0 Å². The van der Waals surface area contributed by atoms with Crippen LogP contribution in [-0.2, 0) is 4.74 Å². The number of benzene rings is 1. The average Bonchev–Trinajstić information content (AvgIpc) is 2.38. The minimum atomic E-state index is -3.10. The molecule has 0 atom stereocenters. The second-order valence-corrected chi connectivity index (χ2v) is 3.89. The summed E-state index contributed by atoms with van der Waals surface area (Å²) in [6, 6.07) is 3.94. The molecule has 0 bridgehead atoms. The van der Waals surface area contributed by atoms with Gasteiger partial charge in [0.15, 0.2) is 0 Å². The maximum absolute atomic E-state index is 12.3. The van der Waals surface area contributed by atoms with Gasteiger partial charge in [-0.25, -0.2) is 0 Å². The Morgan fingerprint density at radius 2 is 2.05 bits per heavy atom. The van der Waals surface area contributed by atoms with E-state index in [0.29, 0.717) is 32.0 Å². The molecule has 8 heteroatoms. The van der Waals surface area contributed by atoms with Gasteiger partial charge in [0.05, 0.1) is 18.1 Å². The van der Waals surface area contributed by atoms with Crippen LogP contribution in [0.5, 0.6) is 5.75 Å². The zero-order valence-electron chi connectivity index (χ0n) is 9.92. The Balaban J connectivity index is 2.28. The normalized spacial score (nSPS) is 15.6. The second-order valence-electron chi connectivity index (χ2n) is 3.89. The molecule has 1 aromatic carbocycles. The van der Waals surface area contributed by atoms with Crippen LogP contribution in [0.25, 0.3) is 0 Å². The Kier molecular flexibility index (Phi) is 4.10. The van der Waals surface area contributed by atoms with Gasteiger partial charge in [-0.3, -0.25) is 10.1 Å². The fourth-order valence-corrected chi connectivity index (χ4v) is 1.86.